The number of amides is 1. The van der Waals surface area contributed by atoms with E-state index in [-0.39, 0.29) is 11.9 Å². The Bertz CT molecular complexity index is 795. The molecule has 0 unspecified atom stereocenters. The van der Waals surface area contributed by atoms with Gasteiger partial charge < -0.3 is 4.74 Å². The van der Waals surface area contributed by atoms with E-state index in [1.54, 1.807) is 20.8 Å². The summed E-state index contributed by atoms with van der Waals surface area (Å²) in [7, 11) is -5.18. The number of rotatable bonds is 4. The van der Waals surface area contributed by atoms with E-state index >= 15 is 0 Å². The number of halogens is 6. The van der Waals surface area contributed by atoms with Crippen molar-refractivity contribution >= 4 is 21.9 Å². The molecule has 0 bridgehead atoms. The predicted octanol–water partition coefficient (Wildman–Crippen LogP) is 4.33. The molecule has 1 aromatic rings. The Morgan fingerprint density at radius 2 is 1.36 bits per heavy atom. The van der Waals surface area contributed by atoms with Gasteiger partial charge in [-0.1, -0.05) is 12.1 Å². The molecule has 0 saturated heterocycles. The fourth-order valence-electron chi connectivity index (χ4n) is 2.07. The quantitative estimate of drug-likeness (QED) is 0.560. The van der Waals surface area contributed by atoms with E-state index in [4.69, 9.17) is 4.74 Å². The van der Waals surface area contributed by atoms with E-state index in [1.807, 2.05) is 0 Å². The van der Waals surface area contributed by atoms with Crippen molar-refractivity contribution < 1.29 is 48.5 Å². The van der Waals surface area contributed by atoms with Gasteiger partial charge in [-0.3, -0.25) is 5.32 Å². The zero-order valence-electron chi connectivity index (χ0n) is 15.0. The van der Waals surface area contributed by atoms with Crippen molar-refractivity contribution in [3.63, 3.8) is 0 Å². The third-order valence-electron chi connectivity index (χ3n) is 3.01. The lowest BCUT2D eigenvalue weighted by atomic mass is 9.92. The molecule has 0 aliphatic carbocycles. The molecule has 0 aromatic heterocycles. The van der Waals surface area contributed by atoms with E-state index in [9.17, 15) is 39.6 Å². The molecule has 1 amide bonds. The van der Waals surface area contributed by atoms with Crippen molar-refractivity contribution in [2.24, 2.45) is 0 Å². The Morgan fingerprint density at radius 1 is 0.929 bits per heavy atom. The van der Waals surface area contributed by atoms with Gasteiger partial charge in [0.2, 0.25) is 0 Å². The lowest BCUT2D eigenvalue weighted by molar-refractivity contribution is -0.364. The van der Waals surface area contributed by atoms with Gasteiger partial charge in [-0.2, -0.15) is 34.8 Å². The van der Waals surface area contributed by atoms with Crippen LogP contribution >= 0.6 is 0 Å². The van der Waals surface area contributed by atoms with Crippen molar-refractivity contribution in [2.75, 3.05) is 11.6 Å². The van der Waals surface area contributed by atoms with E-state index < -0.39 is 45.3 Å². The SMILES string of the molecule is CC(C)(C)OC(=O)Nc1ccc(C(OS(C)(=O)=O)(C(F)(F)F)C(F)(F)F)cc1. The lowest BCUT2D eigenvalue weighted by Gasteiger charge is -2.36. The average molecular weight is 437 g/mol. The van der Waals surface area contributed by atoms with Gasteiger partial charge in [-0.25, -0.2) is 8.98 Å². The molecule has 1 N–H and O–H groups in total. The number of ether oxygens (including phenoxy) is 1. The molecule has 0 spiro atoms. The molecule has 13 heteroatoms. The molecule has 0 heterocycles. The van der Waals surface area contributed by atoms with Gasteiger partial charge in [-0.05, 0) is 32.9 Å². The molecule has 0 radical (unpaired) electrons. The van der Waals surface area contributed by atoms with Crippen molar-refractivity contribution in [2.45, 2.75) is 44.3 Å². The summed E-state index contributed by atoms with van der Waals surface area (Å²) >= 11 is 0. The first-order valence-corrected chi connectivity index (χ1v) is 9.25. The van der Waals surface area contributed by atoms with Gasteiger partial charge in [0.05, 0.1) is 6.26 Å². The minimum absolute atomic E-state index is 0.0671. The molecule has 0 atom stereocenters. The van der Waals surface area contributed by atoms with Crippen LogP contribution in [0.25, 0.3) is 0 Å². The van der Waals surface area contributed by atoms with Crippen LogP contribution < -0.4 is 5.32 Å². The van der Waals surface area contributed by atoms with Crippen molar-refractivity contribution in [3.8, 4) is 0 Å². The lowest BCUT2D eigenvalue weighted by Crippen LogP contribution is -2.56. The monoisotopic (exact) mass is 437 g/mol. The summed E-state index contributed by atoms with van der Waals surface area (Å²) in [4.78, 5) is 11.6. The number of hydrogen-bond donors (Lipinski definition) is 1. The van der Waals surface area contributed by atoms with E-state index in [0.717, 1.165) is 12.1 Å². The Morgan fingerprint density at radius 3 is 1.68 bits per heavy atom. The number of alkyl halides is 6. The largest absolute Gasteiger partial charge is 0.444 e. The second-order valence-electron chi connectivity index (χ2n) is 6.67. The molecule has 0 fully saturated rings. The van der Waals surface area contributed by atoms with Gasteiger partial charge in [-0.15, -0.1) is 0 Å². The van der Waals surface area contributed by atoms with Crippen LogP contribution in [0.2, 0.25) is 0 Å². The molecule has 0 aliphatic rings. The Hall–Kier alpha value is -2.02. The highest BCUT2D eigenvalue weighted by molar-refractivity contribution is 7.86. The maximum absolute atomic E-state index is 13.4. The van der Waals surface area contributed by atoms with Crippen molar-refractivity contribution in [3.05, 3.63) is 29.8 Å². The van der Waals surface area contributed by atoms with Gasteiger partial charge in [0.1, 0.15) is 5.60 Å². The maximum Gasteiger partial charge on any atom is 0.432 e. The number of benzene rings is 1. The fourth-order valence-corrected chi connectivity index (χ4v) is 2.81. The van der Waals surface area contributed by atoms with Crippen LogP contribution in [0.3, 0.4) is 0 Å². The standard InChI is InChI=1S/C15H17F6NO5S/c1-12(2,3)26-11(23)22-10-7-5-9(6-8-10)13(14(16,17)18,15(19,20)21)27-28(4,24)25/h5-8H,1-4H3,(H,22,23). The van der Waals surface area contributed by atoms with Gasteiger partial charge in [0, 0.05) is 11.3 Å². The zero-order chi connectivity index (χ0) is 22.2. The summed E-state index contributed by atoms with van der Waals surface area (Å²) in [5, 5.41) is 2.12. The highest BCUT2D eigenvalue weighted by Crippen LogP contribution is 2.53. The number of carbonyl (C=O) groups is 1. The number of nitrogens with one attached hydrogen (secondary N) is 1. The normalized spacial score (nSPS) is 13.9. The van der Waals surface area contributed by atoms with Crippen LogP contribution in [0.1, 0.15) is 26.3 Å². The summed E-state index contributed by atoms with van der Waals surface area (Å²) in [6, 6.07) is 2.13. The molecule has 0 aliphatic heterocycles. The van der Waals surface area contributed by atoms with Crippen LogP contribution in [0.4, 0.5) is 36.8 Å². The second-order valence-corrected chi connectivity index (χ2v) is 8.24. The van der Waals surface area contributed by atoms with E-state index in [1.165, 1.54) is 0 Å². The first kappa shape index (κ1) is 24.0. The second kappa shape index (κ2) is 7.43. The molecular formula is C15H17F6NO5S. The van der Waals surface area contributed by atoms with E-state index in [0.29, 0.717) is 12.1 Å². The summed E-state index contributed by atoms with van der Waals surface area (Å²) in [5.74, 6) is 0. The van der Waals surface area contributed by atoms with Crippen LogP contribution in [-0.4, -0.2) is 38.7 Å². The average Bonchev–Trinajstić information content (AvgIpc) is 2.40. The number of carbonyl (C=O) groups excluding carboxylic acids is 1. The summed E-state index contributed by atoms with van der Waals surface area (Å²) in [6.07, 6.45) is -13.2. The Kier molecular flexibility index (Phi) is 6.37. The third kappa shape index (κ3) is 5.74. The topological polar surface area (TPSA) is 81.7 Å². The molecule has 0 saturated carbocycles. The highest BCUT2D eigenvalue weighted by Gasteiger charge is 2.75. The highest BCUT2D eigenvalue weighted by atomic mass is 32.2. The minimum Gasteiger partial charge on any atom is -0.444 e. The Labute approximate surface area is 156 Å². The maximum atomic E-state index is 13.4. The number of hydrogen-bond acceptors (Lipinski definition) is 5. The first-order chi connectivity index (χ1) is 12.3. The molecular weight excluding hydrogens is 420 g/mol. The van der Waals surface area contributed by atoms with E-state index in [2.05, 4.69) is 9.50 Å². The van der Waals surface area contributed by atoms with Gasteiger partial charge in [0.25, 0.3) is 10.1 Å². The first-order valence-electron chi connectivity index (χ1n) is 7.43. The fraction of sp³-hybridized carbons (Fsp3) is 0.533. The van der Waals surface area contributed by atoms with Gasteiger partial charge in [0.15, 0.2) is 0 Å². The summed E-state index contributed by atoms with van der Waals surface area (Å²) in [5.41, 5.74) is -7.73. The van der Waals surface area contributed by atoms with Crippen LogP contribution in [0.5, 0.6) is 0 Å². The third-order valence-corrected chi connectivity index (χ3v) is 3.56. The van der Waals surface area contributed by atoms with Crippen LogP contribution in [-0.2, 0) is 24.6 Å². The van der Waals surface area contributed by atoms with Gasteiger partial charge >= 0.3 is 24.0 Å². The molecule has 28 heavy (non-hydrogen) atoms. The molecule has 160 valence electrons. The smallest absolute Gasteiger partial charge is 0.432 e. The van der Waals surface area contributed by atoms with Crippen molar-refractivity contribution in [1.82, 2.24) is 0 Å². The number of anilines is 1. The molecule has 1 rings (SSSR count). The predicted molar refractivity (Wildman–Crippen MR) is 86.0 cm³/mol. The van der Waals surface area contributed by atoms with Crippen LogP contribution in [0, 0.1) is 0 Å². The zero-order valence-corrected chi connectivity index (χ0v) is 15.8. The molecule has 6 nitrogen and oxygen atoms in total. The van der Waals surface area contributed by atoms with Crippen LogP contribution in [0.15, 0.2) is 24.3 Å². The summed E-state index contributed by atoms with van der Waals surface area (Å²) < 4.78 is 111. The summed E-state index contributed by atoms with van der Waals surface area (Å²) in [6.45, 7) is 4.62. The molecule has 1 aromatic carbocycles. The van der Waals surface area contributed by atoms with Crippen molar-refractivity contribution in [1.29, 1.82) is 0 Å². The Balaban J connectivity index is 3.39. The minimum atomic E-state index is -6.16.